The molecule has 0 aromatic heterocycles. The summed E-state index contributed by atoms with van der Waals surface area (Å²) in [6, 6.07) is 23.6. The van der Waals surface area contributed by atoms with Gasteiger partial charge in [-0.25, -0.2) is 5.01 Å². The molecule has 1 aliphatic carbocycles. The minimum atomic E-state index is -0.710. The highest BCUT2D eigenvalue weighted by Crippen LogP contribution is 2.44. The van der Waals surface area contributed by atoms with Crippen LogP contribution in [0.5, 0.6) is 11.5 Å². The van der Waals surface area contributed by atoms with Crippen molar-refractivity contribution in [1.82, 2.24) is 10.3 Å². The van der Waals surface area contributed by atoms with Crippen LogP contribution in [-0.2, 0) is 14.3 Å². The zero-order valence-corrected chi connectivity index (χ0v) is 23.6. The minimum Gasteiger partial charge on any atom is -0.497 e. The van der Waals surface area contributed by atoms with Crippen LogP contribution in [-0.4, -0.2) is 55.9 Å². The Hall–Kier alpha value is -4.92. The fourth-order valence-corrected chi connectivity index (χ4v) is 5.35. The van der Waals surface area contributed by atoms with Crippen molar-refractivity contribution >= 4 is 29.6 Å². The lowest BCUT2D eigenvalue weighted by Crippen LogP contribution is -2.36. The van der Waals surface area contributed by atoms with Crippen LogP contribution in [0.1, 0.15) is 46.8 Å². The lowest BCUT2D eigenvalue weighted by atomic mass is 9.77. The Morgan fingerprint density at radius 3 is 2.26 bits per heavy atom. The van der Waals surface area contributed by atoms with Crippen LogP contribution in [0.25, 0.3) is 6.08 Å². The van der Waals surface area contributed by atoms with Gasteiger partial charge in [0.2, 0.25) is 0 Å². The smallest absolute Gasteiger partial charge is 0.325 e. The van der Waals surface area contributed by atoms with Crippen molar-refractivity contribution in [3.8, 4) is 11.5 Å². The Labute approximate surface area is 244 Å². The van der Waals surface area contributed by atoms with Crippen molar-refractivity contribution in [2.75, 3.05) is 27.4 Å². The number of benzene rings is 3. The number of fused-ring (bicyclic) bond motifs is 1. The average molecular weight is 568 g/mol. The van der Waals surface area contributed by atoms with Crippen molar-refractivity contribution in [2.45, 2.75) is 25.3 Å². The zero-order chi connectivity index (χ0) is 29.5. The topological polar surface area (TPSA) is 107 Å². The molecule has 1 N–H and O–H groups in total. The molecule has 5 rings (SSSR count). The van der Waals surface area contributed by atoms with E-state index in [2.05, 4.69) is 11.4 Å². The molecule has 0 bridgehead atoms. The van der Waals surface area contributed by atoms with Gasteiger partial charge in [0, 0.05) is 11.5 Å². The van der Waals surface area contributed by atoms with E-state index < -0.39 is 24.4 Å². The molecule has 9 heteroatoms. The van der Waals surface area contributed by atoms with Gasteiger partial charge >= 0.3 is 5.97 Å². The molecule has 9 nitrogen and oxygen atoms in total. The molecule has 3 aromatic rings. The first kappa shape index (κ1) is 28.6. The molecular formula is C33H33N3O6. The number of hydrazone groups is 1. The van der Waals surface area contributed by atoms with E-state index in [1.54, 1.807) is 44.6 Å². The third kappa shape index (κ3) is 6.52. The molecule has 3 aromatic carbocycles. The number of hydrogen-bond donors (Lipinski definition) is 1. The SMILES string of the molecule is COc1ccc(/C=C2/CCC[C@@H]3C2=NN(C(=O)COC(=O)CNC(=O)c2ccccc2)[C@@H]3c2ccc(OC)cc2)cc1. The maximum absolute atomic E-state index is 13.5. The summed E-state index contributed by atoms with van der Waals surface area (Å²) in [5.41, 5.74) is 4.31. The average Bonchev–Trinajstić information content (AvgIpc) is 3.44. The quantitative estimate of drug-likeness (QED) is 0.373. The molecule has 1 fully saturated rings. The maximum Gasteiger partial charge on any atom is 0.325 e. The van der Waals surface area contributed by atoms with Crippen LogP contribution >= 0.6 is 0 Å². The van der Waals surface area contributed by atoms with Crippen LogP contribution in [0.4, 0.5) is 0 Å². The summed E-state index contributed by atoms with van der Waals surface area (Å²) in [6.45, 7) is -0.845. The molecule has 42 heavy (non-hydrogen) atoms. The maximum atomic E-state index is 13.5. The van der Waals surface area contributed by atoms with E-state index in [-0.39, 0.29) is 18.5 Å². The highest BCUT2D eigenvalue weighted by molar-refractivity contribution is 6.08. The van der Waals surface area contributed by atoms with E-state index >= 15 is 0 Å². The summed E-state index contributed by atoms with van der Waals surface area (Å²) in [6.07, 6.45) is 4.77. The minimum absolute atomic E-state index is 0.0125. The molecule has 0 saturated heterocycles. The van der Waals surface area contributed by atoms with E-state index in [9.17, 15) is 14.4 Å². The fourth-order valence-electron chi connectivity index (χ4n) is 5.35. The standard InChI is InChI=1S/C33H33N3O6/c1-40-26-15-11-22(12-16-26)19-25-9-6-10-28-31(25)35-36(32(28)23-13-17-27(41-2)18-14-23)29(37)21-42-30(38)20-34-33(39)24-7-4-3-5-8-24/h3-5,7-8,11-19,28,32H,6,9-10,20-21H2,1-2H3,(H,34,39)/b25-19-/t28-,32-/m1/s1. The lowest BCUT2D eigenvalue weighted by molar-refractivity contribution is -0.152. The van der Waals surface area contributed by atoms with E-state index in [1.165, 1.54) is 5.01 Å². The summed E-state index contributed by atoms with van der Waals surface area (Å²) >= 11 is 0. The summed E-state index contributed by atoms with van der Waals surface area (Å²) < 4.78 is 15.9. The Bertz CT molecular complexity index is 1480. The molecule has 0 unspecified atom stereocenters. The van der Waals surface area contributed by atoms with Gasteiger partial charge in [-0.1, -0.05) is 42.5 Å². The molecule has 0 spiro atoms. The van der Waals surface area contributed by atoms with E-state index in [4.69, 9.17) is 19.3 Å². The molecule has 2 amide bonds. The molecule has 2 aliphatic rings. The van der Waals surface area contributed by atoms with Crippen LogP contribution in [0.2, 0.25) is 0 Å². The fraction of sp³-hybridized carbons (Fsp3) is 0.273. The molecule has 0 radical (unpaired) electrons. The van der Waals surface area contributed by atoms with Crippen molar-refractivity contribution in [3.63, 3.8) is 0 Å². The van der Waals surface area contributed by atoms with Gasteiger partial charge in [-0.2, -0.15) is 5.10 Å². The molecule has 1 aliphatic heterocycles. The number of esters is 1. The van der Waals surface area contributed by atoms with Crippen molar-refractivity contribution in [1.29, 1.82) is 0 Å². The van der Waals surface area contributed by atoms with Gasteiger partial charge in [0.1, 0.15) is 18.0 Å². The number of carbonyl (C=O) groups excluding carboxylic acids is 3. The summed E-state index contributed by atoms with van der Waals surface area (Å²) in [7, 11) is 3.24. The van der Waals surface area contributed by atoms with Crippen molar-refractivity contribution < 1.29 is 28.6 Å². The Balaban J connectivity index is 1.33. The monoisotopic (exact) mass is 567 g/mol. The highest BCUT2D eigenvalue weighted by Gasteiger charge is 2.43. The van der Waals surface area contributed by atoms with Gasteiger partial charge < -0.3 is 19.5 Å². The van der Waals surface area contributed by atoms with E-state index in [0.29, 0.717) is 11.3 Å². The predicted octanol–water partition coefficient (Wildman–Crippen LogP) is 4.80. The van der Waals surface area contributed by atoms with E-state index in [0.717, 1.165) is 47.4 Å². The van der Waals surface area contributed by atoms with Crippen LogP contribution in [0, 0.1) is 5.92 Å². The molecule has 216 valence electrons. The van der Waals surface area contributed by atoms with Gasteiger partial charge in [0.05, 0.1) is 26.0 Å². The molecule has 1 heterocycles. The number of methoxy groups -OCH3 is 2. The van der Waals surface area contributed by atoms with Gasteiger partial charge in [-0.05, 0) is 78.4 Å². The first-order valence-corrected chi connectivity index (χ1v) is 13.8. The second-order valence-corrected chi connectivity index (χ2v) is 10.1. The van der Waals surface area contributed by atoms with Crippen molar-refractivity contribution in [3.05, 3.63) is 101 Å². The Morgan fingerprint density at radius 1 is 0.929 bits per heavy atom. The van der Waals surface area contributed by atoms with Crippen molar-refractivity contribution in [2.24, 2.45) is 11.0 Å². The number of ether oxygens (including phenoxy) is 3. The number of amides is 2. The Morgan fingerprint density at radius 2 is 1.60 bits per heavy atom. The first-order chi connectivity index (χ1) is 20.5. The summed E-state index contributed by atoms with van der Waals surface area (Å²) in [5.74, 6) is -0.0679. The first-order valence-electron chi connectivity index (χ1n) is 13.8. The van der Waals surface area contributed by atoms with Gasteiger partial charge in [-0.15, -0.1) is 0 Å². The number of carbonyl (C=O) groups is 3. The third-order valence-corrected chi connectivity index (χ3v) is 7.46. The van der Waals surface area contributed by atoms with Crippen LogP contribution in [0.15, 0.2) is 89.5 Å². The van der Waals surface area contributed by atoms with Crippen LogP contribution in [0.3, 0.4) is 0 Å². The van der Waals surface area contributed by atoms with Gasteiger partial charge in [-0.3, -0.25) is 14.4 Å². The number of hydrogen-bond acceptors (Lipinski definition) is 7. The number of nitrogens with zero attached hydrogens (tertiary/aromatic N) is 2. The second kappa shape index (κ2) is 13.2. The summed E-state index contributed by atoms with van der Waals surface area (Å²) in [5, 5.41) is 8.80. The lowest BCUT2D eigenvalue weighted by Gasteiger charge is -2.29. The van der Waals surface area contributed by atoms with Gasteiger partial charge in [0.25, 0.3) is 11.8 Å². The van der Waals surface area contributed by atoms with Crippen LogP contribution < -0.4 is 14.8 Å². The Kier molecular flexibility index (Phi) is 8.96. The molecular weight excluding hydrogens is 534 g/mol. The molecule has 1 saturated carbocycles. The number of rotatable bonds is 9. The highest BCUT2D eigenvalue weighted by atomic mass is 16.5. The number of allylic oxidation sites excluding steroid dienone is 1. The largest absolute Gasteiger partial charge is 0.497 e. The van der Waals surface area contributed by atoms with E-state index in [1.807, 2.05) is 48.5 Å². The molecule has 2 atom stereocenters. The number of nitrogens with one attached hydrogen (secondary N) is 1. The summed E-state index contributed by atoms with van der Waals surface area (Å²) in [4.78, 5) is 38.1. The predicted molar refractivity (Wildman–Crippen MR) is 158 cm³/mol. The zero-order valence-electron chi connectivity index (χ0n) is 23.6. The second-order valence-electron chi connectivity index (χ2n) is 10.1. The normalized spacial score (nSPS) is 18.6. The van der Waals surface area contributed by atoms with Gasteiger partial charge in [0.15, 0.2) is 6.61 Å². The third-order valence-electron chi connectivity index (χ3n) is 7.46.